The summed E-state index contributed by atoms with van der Waals surface area (Å²) in [6.45, 7) is 1.43. The zero-order valence-electron chi connectivity index (χ0n) is 13.7. The van der Waals surface area contributed by atoms with Crippen LogP contribution in [0.1, 0.15) is 18.4 Å². The van der Waals surface area contributed by atoms with Crippen molar-refractivity contribution in [2.75, 3.05) is 26.8 Å². The SMILES string of the molecule is COc1cc(/C=C2/SC(N3CCCC3)=NC2=O)ccc1OCC(=O)O. The summed E-state index contributed by atoms with van der Waals surface area (Å²) >= 11 is 1.38. The summed E-state index contributed by atoms with van der Waals surface area (Å²) < 4.78 is 10.4. The number of carboxylic acids is 1. The Morgan fingerprint density at radius 1 is 1.36 bits per heavy atom. The van der Waals surface area contributed by atoms with Crippen molar-refractivity contribution in [1.29, 1.82) is 0 Å². The molecule has 0 atom stereocenters. The Morgan fingerprint density at radius 2 is 2.12 bits per heavy atom. The van der Waals surface area contributed by atoms with Crippen LogP contribution in [0.15, 0.2) is 28.1 Å². The molecule has 2 aliphatic rings. The largest absolute Gasteiger partial charge is 0.493 e. The molecule has 1 amide bonds. The normalized spacial score (nSPS) is 18.6. The number of hydrogen-bond acceptors (Lipinski definition) is 6. The first-order valence-electron chi connectivity index (χ1n) is 7.87. The van der Waals surface area contributed by atoms with Crippen molar-refractivity contribution in [2.24, 2.45) is 4.99 Å². The molecular weight excluding hydrogens is 344 g/mol. The van der Waals surface area contributed by atoms with Crippen LogP contribution in [-0.2, 0) is 9.59 Å². The van der Waals surface area contributed by atoms with E-state index in [0.717, 1.165) is 36.7 Å². The molecule has 8 heteroatoms. The third-order valence-corrected chi connectivity index (χ3v) is 4.87. The zero-order chi connectivity index (χ0) is 17.8. The molecule has 7 nitrogen and oxygen atoms in total. The highest BCUT2D eigenvalue weighted by atomic mass is 32.2. The number of likely N-dealkylation sites (tertiary alicyclic amines) is 1. The molecule has 1 aromatic carbocycles. The van der Waals surface area contributed by atoms with Crippen molar-refractivity contribution in [1.82, 2.24) is 4.90 Å². The average molecular weight is 362 g/mol. The number of hydrogen-bond donors (Lipinski definition) is 1. The van der Waals surface area contributed by atoms with Crippen LogP contribution >= 0.6 is 11.8 Å². The molecule has 1 N–H and O–H groups in total. The first-order chi connectivity index (χ1) is 12.1. The van der Waals surface area contributed by atoms with E-state index in [1.54, 1.807) is 24.3 Å². The number of aliphatic imine (C=N–C) groups is 1. The summed E-state index contributed by atoms with van der Waals surface area (Å²) in [6.07, 6.45) is 4.01. The van der Waals surface area contributed by atoms with Crippen molar-refractivity contribution in [2.45, 2.75) is 12.8 Å². The maximum absolute atomic E-state index is 12.1. The lowest BCUT2D eigenvalue weighted by molar-refractivity contribution is -0.139. The van der Waals surface area contributed by atoms with Crippen LogP contribution in [0.5, 0.6) is 11.5 Å². The van der Waals surface area contributed by atoms with Gasteiger partial charge in [-0.3, -0.25) is 4.79 Å². The van der Waals surface area contributed by atoms with E-state index in [9.17, 15) is 9.59 Å². The highest BCUT2D eigenvalue weighted by Gasteiger charge is 2.27. The monoisotopic (exact) mass is 362 g/mol. The number of amides is 1. The summed E-state index contributed by atoms with van der Waals surface area (Å²) in [5.41, 5.74) is 0.758. The van der Waals surface area contributed by atoms with Crippen molar-refractivity contribution < 1.29 is 24.2 Å². The van der Waals surface area contributed by atoms with Gasteiger partial charge in [0, 0.05) is 13.1 Å². The molecule has 1 aromatic rings. The number of aliphatic carboxylic acids is 1. The summed E-state index contributed by atoms with van der Waals surface area (Å²) in [4.78, 5) is 29.6. The molecule has 2 heterocycles. The van der Waals surface area contributed by atoms with E-state index in [0.29, 0.717) is 16.4 Å². The van der Waals surface area contributed by atoms with Gasteiger partial charge in [-0.2, -0.15) is 4.99 Å². The van der Waals surface area contributed by atoms with Gasteiger partial charge in [0.15, 0.2) is 23.3 Å². The van der Waals surface area contributed by atoms with Gasteiger partial charge in [-0.25, -0.2) is 4.79 Å². The Balaban J connectivity index is 1.75. The first kappa shape index (κ1) is 17.3. The molecule has 0 aromatic heterocycles. The lowest BCUT2D eigenvalue weighted by atomic mass is 10.2. The highest BCUT2D eigenvalue weighted by Crippen LogP contribution is 2.34. The van der Waals surface area contributed by atoms with Crippen molar-refractivity contribution in [3.63, 3.8) is 0 Å². The third-order valence-electron chi connectivity index (χ3n) is 3.82. The number of amidine groups is 1. The van der Waals surface area contributed by atoms with E-state index >= 15 is 0 Å². The minimum atomic E-state index is -1.06. The van der Waals surface area contributed by atoms with E-state index in [-0.39, 0.29) is 5.91 Å². The van der Waals surface area contributed by atoms with Gasteiger partial charge in [0.2, 0.25) is 0 Å². The fourth-order valence-corrected chi connectivity index (χ4v) is 3.59. The van der Waals surface area contributed by atoms with Gasteiger partial charge in [0.1, 0.15) is 0 Å². The van der Waals surface area contributed by atoms with Crippen LogP contribution < -0.4 is 9.47 Å². The molecule has 1 fully saturated rings. The van der Waals surface area contributed by atoms with Crippen LogP contribution in [0, 0.1) is 0 Å². The van der Waals surface area contributed by atoms with Crippen LogP contribution in [0.3, 0.4) is 0 Å². The number of thioether (sulfide) groups is 1. The fourth-order valence-electron chi connectivity index (χ4n) is 2.63. The van der Waals surface area contributed by atoms with E-state index in [1.165, 1.54) is 18.9 Å². The number of carbonyl (C=O) groups excluding carboxylic acids is 1. The summed E-state index contributed by atoms with van der Waals surface area (Å²) in [6, 6.07) is 5.07. The Labute approximate surface area is 149 Å². The molecule has 0 saturated carbocycles. The zero-order valence-corrected chi connectivity index (χ0v) is 14.5. The minimum absolute atomic E-state index is 0.239. The highest BCUT2D eigenvalue weighted by molar-refractivity contribution is 8.18. The minimum Gasteiger partial charge on any atom is -0.493 e. The molecule has 0 radical (unpaired) electrons. The molecule has 0 aliphatic carbocycles. The van der Waals surface area contributed by atoms with E-state index < -0.39 is 12.6 Å². The van der Waals surface area contributed by atoms with E-state index in [4.69, 9.17) is 14.6 Å². The Kier molecular flexibility index (Phi) is 5.28. The fraction of sp³-hybridized carbons (Fsp3) is 0.353. The number of rotatable bonds is 5. The van der Waals surface area contributed by atoms with Gasteiger partial charge in [0.05, 0.1) is 12.0 Å². The van der Waals surface area contributed by atoms with E-state index in [1.807, 2.05) is 0 Å². The Hall–Kier alpha value is -2.48. The number of ether oxygens (including phenoxy) is 2. The summed E-state index contributed by atoms with van der Waals surface area (Å²) in [7, 11) is 1.48. The molecule has 2 aliphatic heterocycles. The van der Waals surface area contributed by atoms with Gasteiger partial charge in [-0.1, -0.05) is 6.07 Å². The molecule has 132 valence electrons. The number of nitrogens with zero attached hydrogens (tertiary/aromatic N) is 2. The van der Waals surface area contributed by atoms with Gasteiger partial charge in [-0.15, -0.1) is 0 Å². The van der Waals surface area contributed by atoms with Gasteiger partial charge >= 0.3 is 5.97 Å². The summed E-state index contributed by atoms with van der Waals surface area (Å²) in [5, 5.41) is 9.46. The number of carbonyl (C=O) groups is 2. The van der Waals surface area contributed by atoms with Crippen LogP contribution in [-0.4, -0.2) is 53.9 Å². The van der Waals surface area contributed by atoms with Crippen LogP contribution in [0.25, 0.3) is 6.08 Å². The maximum atomic E-state index is 12.1. The number of benzene rings is 1. The molecular formula is C17H18N2O5S. The molecule has 0 bridgehead atoms. The predicted octanol–water partition coefficient (Wildman–Crippen LogP) is 2.22. The van der Waals surface area contributed by atoms with Gasteiger partial charge in [0.25, 0.3) is 5.91 Å². The van der Waals surface area contributed by atoms with Crippen molar-refractivity contribution >= 4 is 34.9 Å². The third kappa shape index (κ3) is 4.14. The standard InChI is InChI=1S/C17H18N2O5S/c1-23-13-8-11(4-5-12(13)24-10-15(20)21)9-14-16(22)18-17(25-14)19-6-2-3-7-19/h4-5,8-9H,2-3,6-7,10H2,1H3,(H,20,21)/b14-9+. The van der Waals surface area contributed by atoms with Crippen LogP contribution in [0.4, 0.5) is 0 Å². The second-order valence-corrected chi connectivity index (χ2v) is 6.61. The number of methoxy groups -OCH3 is 1. The van der Waals surface area contributed by atoms with Crippen molar-refractivity contribution in [3.05, 3.63) is 28.7 Å². The summed E-state index contributed by atoms with van der Waals surface area (Å²) in [5.74, 6) is -0.553. The quantitative estimate of drug-likeness (QED) is 0.804. The molecule has 25 heavy (non-hydrogen) atoms. The van der Waals surface area contributed by atoms with E-state index in [2.05, 4.69) is 9.89 Å². The molecule has 0 spiro atoms. The topological polar surface area (TPSA) is 88.4 Å². The maximum Gasteiger partial charge on any atom is 0.341 e. The Bertz CT molecular complexity index is 753. The van der Waals surface area contributed by atoms with Crippen molar-refractivity contribution in [3.8, 4) is 11.5 Å². The average Bonchev–Trinajstić information content (AvgIpc) is 3.24. The van der Waals surface area contributed by atoms with Gasteiger partial charge < -0.3 is 19.5 Å². The molecule has 3 rings (SSSR count). The lowest BCUT2D eigenvalue weighted by Gasteiger charge is -2.14. The Morgan fingerprint density at radius 3 is 2.80 bits per heavy atom. The second-order valence-electron chi connectivity index (χ2n) is 5.60. The molecule has 0 unspecified atom stereocenters. The predicted molar refractivity (Wildman–Crippen MR) is 94.9 cm³/mol. The number of carboxylic acid groups (broad SMARTS) is 1. The van der Waals surface area contributed by atoms with Crippen LogP contribution in [0.2, 0.25) is 0 Å². The second kappa shape index (κ2) is 7.60. The first-order valence-corrected chi connectivity index (χ1v) is 8.68. The van der Waals surface area contributed by atoms with Gasteiger partial charge in [-0.05, 0) is 48.4 Å². The lowest BCUT2D eigenvalue weighted by Crippen LogP contribution is -2.23. The molecule has 1 saturated heterocycles. The smallest absolute Gasteiger partial charge is 0.341 e.